The van der Waals surface area contributed by atoms with Gasteiger partial charge in [0, 0.05) is 18.2 Å². The zero-order valence-electron chi connectivity index (χ0n) is 11.6. The first kappa shape index (κ1) is 15.7. The second-order valence-corrected chi connectivity index (χ2v) is 5.98. The second-order valence-electron chi connectivity index (χ2n) is 4.43. The molecule has 6 nitrogen and oxygen atoms in total. The lowest BCUT2D eigenvalue weighted by Crippen LogP contribution is -2.10. The first-order chi connectivity index (χ1) is 10.4. The molecular formula is C15H13NO5S. The van der Waals surface area contributed by atoms with Gasteiger partial charge in [-0.2, -0.15) is 8.42 Å². The Hall–Kier alpha value is -2.67. The summed E-state index contributed by atoms with van der Waals surface area (Å²) in [5, 5.41) is 2.53. The Morgan fingerprint density at radius 3 is 2.41 bits per heavy atom. The van der Waals surface area contributed by atoms with E-state index in [-0.39, 0.29) is 16.6 Å². The molecule has 1 amide bonds. The highest BCUT2D eigenvalue weighted by atomic mass is 32.2. The number of nitrogens with one attached hydrogen (secondary N) is 1. The molecule has 0 saturated carbocycles. The molecular weight excluding hydrogens is 306 g/mol. The molecule has 0 spiro atoms. The molecule has 0 saturated heterocycles. The molecule has 0 atom stereocenters. The second kappa shape index (κ2) is 6.40. The first-order valence-electron chi connectivity index (χ1n) is 6.28. The molecule has 22 heavy (non-hydrogen) atoms. The summed E-state index contributed by atoms with van der Waals surface area (Å²) in [6, 6.07) is 11.4. The van der Waals surface area contributed by atoms with Crippen LogP contribution in [0.25, 0.3) is 0 Å². The zero-order chi connectivity index (χ0) is 16.2. The van der Waals surface area contributed by atoms with Crippen molar-refractivity contribution < 1.29 is 22.2 Å². The predicted octanol–water partition coefficient (Wildman–Crippen LogP) is 2.23. The number of carbonyl (C=O) groups is 2. The number of carbonyl (C=O) groups excluding carboxylic acids is 2. The van der Waals surface area contributed by atoms with Gasteiger partial charge in [-0.25, -0.2) is 0 Å². The lowest BCUT2D eigenvalue weighted by atomic mass is 10.2. The quantitative estimate of drug-likeness (QED) is 0.674. The van der Waals surface area contributed by atoms with E-state index in [0.717, 1.165) is 0 Å². The average molecular weight is 319 g/mol. The maximum Gasteiger partial charge on any atom is 0.339 e. The fourth-order valence-electron chi connectivity index (χ4n) is 1.72. The number of benzene rings is 2. The van der Waals surface area contributed by atoms with Crippen LogP contribution in [-0.4, -0.2) is 20.6 Å². The minimum absolute atomic E-state index is 0.0514. The third kappa shape index (κ3) is 3.92. The fourth-order valence-corrected chi connectivity index (χ4v) is 2.65. The van der Waals surface area contributed by atoms with Gasteiger partial charge in [0.2, 0.25) is 5.91 Å². The highest BCUT2D eigenvalue weighted by Crippen LogP contribution is 2.20. The molecule has 0 radical (unpaired) electrons. The molecule has 114 valence electrons. The van der Waals surface area contributed by atoms with E-state index < -0.39 is 10.1 Å². The van der Waals surface area contributed by atoms with Crippen LogP contribution in [0.1, 0.15) is 17.3 Å². The largest absolute Gasteiger partial charge is 0.379 e. The number of hydrogen-bond donors (Lipinski definition) is 1. The van der Waals surface area contributed by atoms with Crippen LogP contribution in [0.4, 0.5) is 5.69 Å². The number of rotatable bonds is 5. The van der Waals surface area contributed by atoms with Crippen molar-refractivity contribution in [2.45, 2.75) is 11.8 Å². The smallest absolute Gasteiger partial charge is 0.339 e. The standard InChI is InChI=1S/C15H13NO5S/c1-11(18)16-13-5-7-15(8-6-13)22(19,20)21-14-4-2-3-12(9-14)10-17/h2-10H,1H3,(H,16,18). The van der Waals surface area contributed by atoms with Crippen LogP contribution in [0.15, 0.2) is 53.4 Å². The van der Waals surface area contributed by atoms with E-state index in [1.54, 1.807) is 0 Å². The highest BCUT2D eigenvalue weighted by Gasteiger charge is 2.16. The van der Waals surface area contributed by atoms with Gasteiger partial charge in [-0.1, -0.05) is 12.1 Å². The van der Waals surface area contributed by atoms with Gasteiger partial charge in [-0.15, -0.1) is 0 Å². The van der Waals surface area contributed by atoms with Gasteiger partial charge >= 0.3 is 10.1 Å². The van der Waals surface area contributed by atoms with E-state index >= 15 is 0 Å². The van der Waals surface area contributed by atoms with Crippen molar-refractivity contribution in [1.29, 1.82) is 0 Å². The highest BCUT2D eigenvalue weighted by molar-refractivity contribution is 7.87. The third-order valence-electron chi connectivity index (χ3n) is 2.66. The van der Waals surface area contributed by atoms with Crippen LogP contribution in [0.3, 0.4) is 0 Å². The molecule has 0 aliphatic heterocycles. The van der Waals surface area contributed by atoms with E-state index in [1.807, 2.05) is 0 Å². The van der Waals surface area contributed by atoms with E-state index in [1.165, 1.54) is 55.5 Å². The monoisotopic (exact) mass is 319 g/mol. The van der Waals surface area contributed by atoms with Crippen LogP contribution in [-0.2, 0) is 14.9 Å². The van der Waals surface area contributed by atoms with Crippen molar-refractivity contribution in [3.8, 4) is 5.75 Å². The Balaban J connectivity index is 2.22. The summed E-state index contributed by atoms with van der Waals surface area (Å²) >= 11 is 0. The first-order valence-corrected chi connectivity index (χ1v) is 7.69. The van der Waals surface area contributed by atoms with Crippen molar-refractivity contribution in [2.24, 2.45) is 0 Å². The summed E-state index contributed by atoms with van der Waals surface area (Å²) in [4.78, 5) is 21.5. The van der Waals surface area contributed by atoms with Crippen LogP contribution in [0.2, 0.25) is 0 Å². The fraction of sp³-hybridized carbons (Fsp3) is 0.0667. The predicted molar refractivity (Wildman–Crippen MR) is 80.4 cm³/mol. The lowest BCUT2D eigenvalue weighted by molar-refractivity contribution is -0.114. The molecule has 0 unspecified atom stereocenters. The molecule has 0 aliphatic carbocycles. The topological polar surface area (TPSA) is 89.5 Å². The Labute approximate surface area is 127 Å². The number of anilines is 1. The molecule has 0 bridgehead atoms. The number of amides is 1. The molecule has 0 fully saturated rings. The summed E-state index contributed by atoms with van der Waals surface area (Å²) in [5.41, 5.74) is 0.795. The maximum atomic E-state index is 12.1. The van der Waals surface area contributed by atoms with Crippen LogP contribution < -0.4 is 9.50 Å². The molecule has 2 aromatic carbocycles. The summed E-state index contributed by atoms with van der Waals surface area (Å²) < 4.78 is 29.3. The Morgan fingerprint density at radius 2 is 1.82 bits per heavy atom. The molecule has 2 aromatic rings. The Kier molecular flexibility index (Phi) is 4.57. The minimum atomic E-state index is -4.01. The van der Waals surface area contributed by atoms with Crippen molar-refractivity contribution in [3.63, 3.8) is 0 Å². The molecule has 1 N–H and O–H groups in total. The average Bonchev–Trinajstić information content (AvgIpc) is 2.47. The van der Waals surface area contributed by atoms with E-state index in [2.05, 4.69) is 5.32 Å². The summed E-state index contributed by atoms with van der Waals surface area (Å²) in [6.07, 6.45) is 0.599. The van der Waals surface area contributed by atoms with Crippen LogP contribution >= 0.6 is 0 Å². The SMILES string of the molecule is CC(=O)Nc1ccc(S(=O)(=O)Oc2cccc(C=O)c2)cc1. The van der Waals surface area contributed by atoms with Gasteiger partial charge in [0.15, 0.2) is 0 Å². The Morgan fingerprint density at radius 1 is 1.14 bits per heavy atom. The van der Waals surface area contributed by atoms with E-state index in [0.29, 0.717) is 17.5 Å². The van der Waals surface area contributed by atoms with Gasteiger partial charge in [-0.3, -0.25) is 9.59 Å². The van der Waals surface area contributed by atoms with Crippen molar-refractivity contribution in [2.75, 3.05) is 5.32 Å². The van der Waals surface area contributed by atoms with Gasteiger partial charge < -0.3 is 9.50 Å². The van der Waals surface area contributed by atoms with Gasteiger partial charge in [0.1, 0.15) is 16.9 Å². The summed E-state index contributed by atoms with van der Waals surface area (Å²) in [6.45, 7) is 1.35. The van der Waals surface area contributed by atoms with Crippen molar-refractivity contribution in [1.82, 2.24) is 0 Å². The Bertz CT molecular complexity index is 797. The van der Waals surface area contributed by atoms with Gasteiger partial charge in [0.25, 0.3) is 0 Å². The summed E-state index contributed by atoms with van der Waals surface area (Å²) in [7, 11) is -4.01. The maximum absolute atomic E-state index is 12.1. The zero-order valence-corrected chi connectivity index (χ0v) is 12.5. The van der Waals surface area contributed by atoms with E-state index in [9.17, 15) is 18.0 Å². The van der Waals surface area contributed by atoms with Gasteiger partial charge in [-0.05, 0) is 36.4 Å². The van der Waals surface area contributed by atoms with Gasteiger partial charge in [0.05, 0.1) is 0 Å². The molecule has 0 heterocycles. The molecule has 7 heteroatoms. The van der Waals surface area contributed by atoms with Crippen LogP contribution in [0, 0.1) is 0 Å². The number of aldehydes is 1. The normalized spacial score (nSPS) is 10.8. The summed E-state index contributed by atoms with van der Waals surface area (Å²) in [5.74, 6) is -0.201. The third-order valence-corrected chi connectivity index (χ3v) is 3.92. The minimum Gasteiger partial charge on any atom is -0.379 e. The lowest BCUT2D eigenvalue weighted by Gasteiger charge is -2.08. The molecule has 0 aliphatic rings. The molecule has 0 aromatic heterocycles. The molecule has 2 rings (SSSR count). The van der Waals surface area contributed by atoms with E-state index in [4.69, 9.17) is 4.18 Å². The van der Waals surface area contributed by atoms with Crippen LogP contribution in [0.5, 0.6) is 5.75 Å². The van der Waals surface area contributed by atoms with Crippen molar-refractivity contribution in [3.05, 3.63) is 54.1 Å². The van der Waals surface area contributed by atoms with Crippen molar-refractivity contribution >= 4 is 28.0 Å². The number of hydrogen-bond acceptors (Lipinski definition) is 5.